The van der Waals surface area contributed by atoms with Crippen LogP contribution in [0.4, 0.5) is 11.4 Å². The molecule has 0 aromatic heterocycles. The predicted octanol–water partition coefficient (Wildman–Crippen LogP) is 2.22. The number of rotatable bonds is 4. The zero-order chi connectivity index (χ0) is 16.3. The molecule has 0 amide bonds. The van der Waals surface area contributed by atoms with Crippen LogP contribution < -0.4 is 14.4 Å². The number of hydrogen-bond acceptors (Lipinski definition) is 5. The van der Waals surface area contributed by atoms with Crippen LogP contribution in [0.1, 0.15) is 25.7 Å². The van der Waals surface area contributed by atoms with Crippen LogP contribution >= 0.6 is 0 Å². The maximum Gasteiger partial charge on any atom is 0.235 e. The first-order valence-corrected chi connectivity index (χ1v) is 9.74. The molecule has 1 atom stereocenters. The lowest BCUT2D eigenvalue weighted by Gasteiger charge is -2.29. The molecule has 2 aliphatic heterocycles. The van der Waals surface area contributed by atoms with Crippen molar-refractivity contribution in [2.45, 2.75) is 31.7 Å². The SMILES string of the molecule is COc1cc(N2CCCCS2(=O)=O)ccc1NC1CCCOC1. The first kappa shape index (κ1) is 16.4. The molecule has 0 spiro atoms. The van der Waals surface area contributed by atoms with E-state index >= 15 is 0 Å². The van der Waals surface area contributed by atoms with E-state index in [0.29, 0.717) is 24.6 Å². The van der Waals surface area contributed by atoms with Gasteiger partial charge in [-0.25, -0.2) is 8.42 Å². The Morgan fingerprint density at radius 1 is 1.30 bits per heavy atom. The number of nitrogens with one attached hydrogen (secondary N) is 1. The normalized spacial score (nSPS) is 24.2. The minimum absolute atomic E-state index is 0.217. The molecule has 1 unspecified atom stereocenters. The monoisotopic (exact) mass is 340 g/mol. The van der Waals surface area contributed by atoms with Crippen molar-refractivity contribution in [3.63, 3.8) is 0 Å². The molecule has 0 radical (unpaired) electrons. The predicted molar refractivity (Wildman–Crippen MR) is 90.8 cm³/mol. The molecule has 7 heteroatoms. The van der Waals surface area contributed by atoms with Crippen molar-refractivity contribution >= 4 is 21.4 Å². The van der Waals surface area contributed by atoms with E-state index in [4.69, 9.17) is 9.47 Å². The van der Waals surface area contributed by atoms with Crippen LogP contribution in [0.3, 0.4) is 0 Å². The highest BCUT2D eigenvalue weighted by atomic mass is 32.2. The fourth-order valence-corrected chi connectivity index (χ4v) is 4.74. The number of nitrogens with zero attached hydrogens (tertiary/aromatic N) is 1. The highest BCUT2D eigenvalue weighted by molar-refractivity contribution is 7.92. The van der Waals surface area contributed by atoms with E-state index in [0.717, 1.165) is 38.0 Å². The van der Waals surface area contributed by atoms with Gasteiger partial charge in [0.2, 0.25) is 10.0 Å². The Balaban J connectivity index is 1.81. The molecule has 0 saturated carbocycles. The molecule has 1 aromatic rings. The van der Waals surface area contributed by atoms with Gasteiger partial charge in [-0.05, 0) is 37.8 Å². The molecule has 1 aromatic carbocycles. The minimum Gasteiger partial charge on any atom is -0.495 e. The zero-order valence-electron chi connectivity index (χ0n) is 13.5. The van der Waals surface area contributed by atoms with Crippen LogP contribution in [0.25, 0.3) is 0 Å². The van der Waals surface area contributed by atoms with E-state index in [1.165, 1.54) is 4.31 Å². The van der Waals surface area contributed by atoms with E-state index in [9.17, 15) is 8.42 Å². The highest BCUT2D eigenvalue weighted by Gasteiger charge is 2.27. The lowest BCUT2D eigenvalue weighted by Crippen LogP contribution is -2.37. The van der Waals surface area contributed by atoms with Gasteiger partial charge < -0.3 is 14.8 Å². The number of anilines is 2. The summed E-state index contributed by atoms with van der Waals surface area (Å²) in [5, 5.41) is 3.43. The minimum atomic E-state index is -3.20. The van der Waals surface area contributed by atoms with Crippen LogP contribution in [0.5, 0.6) is 5.75 Å². The maximum atomic E-state index is 12.2. The molecule has 0 bridgehead atoms. The van der Waals surface area contributed by atoms with Crippen LogP contribution in [0.2, 0.25) is 0 Å². The number of sulfonamides is 1. The lowest BCUT2D eigenvalue weighted by molar-refractivity contribution is 0.0875. The molecule has 3 rings (SSSR count). The van der Waals surface area contributed by atoms with E-state index < -0.39 is 10.0 Å². The summed E-state index contributed by atoms with van der Waals surface area (Å²) in [4.78, 5) is 0. The summed E-state index contributed by atoms with van der Waals surface area (Å²) in [6.45, 7) is 2.04. The average Bonchev–Trinajstić information content (AvgIpc) is 2.56. The van der Waals surface area contributed by atoms with Crippen LogP contribution in [0.15, 0.2) is 18.2 Å². The van der Waals surface area contributed by atoms with Crippen molar-refractivity contribution in [1.29, 1.82) is 0 Å². The summed E-state index contributed by atoms with van der Waals surface area (Å²) in [5.74, 6) is 0.878. The Kier molecular flexibility index (Phi) is 4.96. The summed E-state index contributed by atoms with van der Waals surface area (Å²) >= 11 is 0. The topological polar surface area (TPSA) is 67.9 Å². The van der Waals surface area contributed by atoms with E-state index in [2.05, 4.69) is 5.32 Å². The molecule has 2 heterocycles. The summed E-state index contributed by atoms with van der Waals surface area (Å²) in [7, 11) is -1.60. The van der Waals surface area contributed by atoms with Gasteiger partial charge in [0.25, 0.3) is 0 Å². The maximum absolute atomic E-state index is 12.2. The smallest absolute Gasteiger partial charge is 0.235 e. The molecule has 6 nitrogen and oxygen atoms in total. The van der Waals surface area contributed by atoms with Gasteiger partial charge >= 0.3 is 0 Å². The van der Waals surface area contributed by atoms with Crippen molar-refractivity contribution in [2.75, 3.05) is 42.2 Å². The van der Waals surface area contributed by atoms with E-state index in [1.54, 1.807) is 13.2 Å². The van der Waals surface area contributed by atoms with Crippen molar-refractivity contribution in [1.82, 2.24) is 0 Å². The number of benzene rings is 1. The second-order valence-electron chi connectivity index (χ2n) is 6.04. The van der Waals surface area contributed by atoms with Crippen LogP contribution in [-0.2, 0) is 14.8 Å². The van der Waals surface area contributed by atoms with Crippen LogP contribution in [0, 0.1) is 0 Å². The molecule has 23 heavy (non-hydrogen) atoms. The largest absolute Gasteiger partial charge is 0.495 e. The lowest BCUT2D eigenvalue weighted by atomic mass is 10.1. The Bertz CT molecular complexity index is 641. The number of hydrogen-bond donors (Lipinski definition) is 1. The van der Waals surface area contributed by atoms with Gasteiger partial charge in [-0.15, -0.1) is 0 Å². The molecule has 2 aliphatic rings. The summed E-state index contributed by atoms with van der Waals surface area (Å²) in [5.41, 5.74) is 1.55. The van der Waals surface area contributed by atoms with E-state index in [-0.39, 0.29) is 11.8 Å². The van der Waals surface area contributed by atoms with Crippen molar-refractivity contribution in [3.8, 4) is 5.75 Å². The standard InChI is InChI=1S/C16H24N2O4S/c1-21-16-11-14(18-8-2-3-10-23(18,19)20)6-7-15(16)17-13-5-4-9-22-12-13/h6-7,11,13,17H,2-5,8-10,12H2,1H3. The highest BCUT2D eigenvalue weighted by Crippen LogP contribution is 2.33. The number of methoxy groups -OCH3 is 1. The first-order chi connectivity index (χ1) is 11.1. The first-order valence-electron chi connectivity index (χ1n) is 8.13. The Labute approximate surface area is 137 Å². The van der Waals surface area contributed by atoms with Crippen molar-refractivity contribution in [3.05, 3.63) is 18.2 Å². The summed E-state index contributed by atoms with van der Waals surface area (Å²) < 4.78 is 36.9. The quantitative estimate of drug-likeness (QED) is 0.910. The van der Waals surface area contributed by atoms with Crippen molar-refractivity contribution in [2.24, 2.45) is 0 Å². The Morgan fingerprint density at radius 3 is 2.87 bits per heavy atom. The van der Waals surface area contributed by atoms with Gasteiger partial charge in [0, 0.05) is 25.3 Å². The Morgan fingerprint density at radius 2 is 2.17 bits per heavy atom. The van der Waals surface area contributed by atoms with Gasteiger partial charge in [-0.3, -0.25) is 4.31 Å². The molecule has 2 fully saturated rings. The van der Waals surface area contributed by atoms with Gasteiger partial charge in [0.1, 0.15) is 5.75 Å². The fourth-order valence-electron chi connectivity index (χ4n) is 3.11. The van der Waals surface area contributed by atoms with Gasteiger partial charge in [-0.1, -0.05) is 0 Å². The zero-order valence-corrected chi connectivity index (χ0v) is 14.3. The molecule has 1 N–H and O–H groups in total. The van der Waals surface area contributed by atoms with Gasteiger partial charge in [0.05, 0.1) is 30.8 Å². The average molecular weight is 340 g/mol. The van der Waals surface area contributed by atoms with Gasteiger partial charge in [-0.2, -0.15) is 0 Å². The molecule has 0 aliphatic carbocycles. The molecular weight excluding hydrogens is 316 g/mol. The van der Waals surface area contributed by atoms with Crippen molar-refractivity contribution < 1.29 is 17.9 Å². The Hall–Kier alpha value is -1.47. The fraction of sp³-hybridized carbons (Fsp3) is 0.625. The third kappa shape index (κ3) is 3.72. The summed E-state index contributed by atoms with van der Waals surface area (Å²) in [6, 6.07) is 5.81. The van der Waals surface area contributed by atoms with Gasteiger partial charge in [0.15, 0.2) is 0 Å². The molecule has 128 valence electrons. The molecule has 2 saturated heterocycles. The third-order valence-electron chi connectivity index (χ3n) is 4.34. The molecular formula is C16H24N2O4S. The number of ether oxygens (including phenoxy) is 2. The van der Waals surface area contributed by atoms with Crippen LogP contribution in [-0.4, -0.2) is 47.1 Å². The third-order valence-corrected chi connectivity index (χ3v) is 6.21. The van der Waals surface area contributed by atoms with E-state index in [1.807, 2.05) is 12.1 Å². The summed E-state index contributed by atoms with van der Waals surface area (Å²) in [6.07, 6.45) is 3.73. The second-order valence-corrected chi connectivity index (χ2v) is 8.05. The second kappa shape index (κ2) is 6.97.